The third kappa shape index (κ3) is 3.06. The largest absolute Gasteiger partial charge is 0.384 e. The van der Waals surface area contributed by atoms with Crippen LogP contribution in [0.5, 0.6) is 0 Å². The molecule has 6 heteroatoms. The van der Waals surface area contributed by atoms with Gasteiger partial charge in [0.25, 0.3) is 0 Å². The first-order valence-corrected chi connectivity index (χ1v) is 7.78. The molecule has 0 saturated heterocycles. The first-order chi connectivity index (χ1) is 10.1. The minimum absolute atomic E-state index is 0.0409. The van der Waals surface area contributed by atoms with E-state index in [2.05, 4.69) is 25.9 Å². The second kappa shape index (κ2) is 5.83. The van der Waals surface area contributed by atoms with Gasteiger partial charge in [0, 0.05) is 21.6 Å². The summed E-state index contributed by atoms with van der Waals surface area (Å²) in [5, 5.41) is 10.2. The molecule has 4 nitrogen and oxygen atoms in total. The number of para-hydroxylation sites is 1. The molecule has 104 valence electrons. The highest BCUT2D eigenvalue weighted by atomic mass is 79.9. The molecule has 3 rings (SSSR count). The van der Waals surface area contributed by atoms with E-state index in [4.69, 9.17) is 11.1 Å². The molecule has 0 aliphatic heterocycles. The fourth-order valence-corrected chi connectivity index (χ4v) is 2.97. The summed E-state index contributed by atoms with van der Waals surface area (Å²) in [5.74, 6) is 0.0409. The Morgan fingerprint density at radius 3 is 2.67 bits per heavy atom. The molecule has 0 aliphatic carbocycles. The molecule has 21 heavy (non-hydrogen) atoms. The van der Waals surface area contributed by atoms with Crippen molar-refractivity contribution >= 4 is 44.4 Å². The van der Waals surface area contributed by atoms with Gasteiger partial charge in [-0.2, -0.15) is 0 Å². The summed E-state index contributed by atoms with van der Waals surface area (Å²) in [4.78, 5) is 8.91. The lowest BCUT2D eigenvalue weighted by atomic mass is 10.1. The number of benzene rings is 1. The van der Waals surface area contributed by atoms with Gasteiger partial charge in [-0.3, -0.25) is 5.41 Å². The van der Waals surface area contributed by atoms with E-state index in [0.717, 1.165) is 25.4 Å². The Kier molecular flexibility index (Phi) is 3.90. The smallest absolute Gasteiger partial charge is 0.123 e. The Morgan fingerprint density at radius 1 is 1.14 bits per heavy atom. The molecule has 0 spiro atoms. The summed E-state index contributed by atoms with van der Waals surface area (Å²) in [5.41, 5.74) is 7.20. The average Bonchev–Trinajstić information content (AvgIpc) is 2.48. The molecule has 3 aromatic rings. The first-order valence-electron chi connectivity index (χ1n) is 6.17. The van der Waals surface area contributed by atoms with Gasteiger partial charge in [-0.1, -0.05) is 30.0 Å². The van der Waals surface area contributed by atoms with Crippen molar-refractivity contribution in [2.45, 2.75) is 10.1 Å². The molecule has 0 radical (unpaired) electrons. The number of hydrogen-bond acceptors (Lipinski definition) is 4. The molecule has 3 N–H and O–H groups in total. The Bertz CT molecular complexity index is 818. The number of halogens is 1. The van der Waals surface area contributed by atoms with Gasteiger partial charge in [0.05, 0.1) is 5.52 Å². The van der Waals surface area contributed by atoms with Gasteiger partial charge in [0.15, 0.2) is 0 Å². The quantitative estimate of drug-likeness (QED) is 0.551. The lowest BCUT2D eigenvalue weighted by Gasteiger charge is -2.08. The summed E-state index contributed by atoms with van der Waals surface area (Å²) in [7, 11) is 0. The number of amidine groups is 1. The van der Waals surface area contributed by atoms with E-state index in [1.807, 2.05) is 42.5 Å². The van der Waals surface area contributed by atoms with Crippen LogP contribution in [0.4, 0.5) is 0 Å². The molecule has 0 fully saturated rings. The Hall–Kier alpha value is -1.92. The van der Waals surface area contributed by atoms with Gasteiger partial charge in [-0.15, -0.1) is 0 Å². The van der Waals surface area contributed by atoms with E-state index in [-0.39, 0.29) is 5.84 Å². The van der Waals surface area contributed by atoms with Crippen LogP contribution in [0.25, 0.3) is 10.9 Å². The number of nitrogens with two attached hydrogens (primary N) is 1. The number of nitrogen functional groups attached to an aromatic ring is 1. The number of fused-ring (bicyclic) bond motifs is 1. The maximum atomic E-state index is 7.74. The van der Waals surface area contributed by atoms with Gasteiger partial charge in [0.2, 0.25) is 0 Å². The van der Waals surface area contributed by atoms with Crippen LogP contribution < -0.4 is 5.73 Å². The molecule has 0 bridgehead atoms. The summed E-state index contributed by atoms with van der Waals surface area (Å²) in [6.07, 6.45) is 1.75. The topological polar surface area (TPSA) is 75.7 Å². The second-order valence-electron chi connectivity index (χ2n) is 4.36. The maximum Gasteiger partial charge on any atom is 0.123 e. The molecule has 2 aromatic heterocycles. The first kappa shape index (κ1) is 14.0. The summed E-state index contributed by atoms with van der Waals surface area (Å²) in [6, 6.07) is 13.4. The van der Waals surface area contributed by atoms with Crippen LogP contribution in [-0.2, 0) is 0 Å². The van der Waals surface area contributed by atoms with Crippen molar-refractivity contribution < 1.29 is 0 Å². The van der Waals surface area contributed by atoms with Crippen molar-refractivity contribution in [1.82, 2.24) is 9.97 Å². The Labute approximate surface area is 134 Å². The highest BCUT2D eigenvalue weighted by Crippen LogP contribution is 2.28. The number of pyridine rings is 2. The van der Waals surface area contributed by atoms with Crippen LogP contribution in [0.1, 0.15) is 5.56 Å². The van der Waals surface area contributed by atoms with Crippen molar-refractivity contribution in [2.75, 3.05) is 0 Å². The predicted molar refractivity (Wildman–Crippen MR) is 88.8 cm³/mol. The molecular formula is C15H11BrN4S. The number of aromatic nitrogens is 2. The van der Waals surface area contributed by atoms with E-state index >= 15 is 0 Å². The molecule has 0 atom stereocenters. The lowest BCUT2D eigenvalue weighted by molar-refractivity contribution is 1.10. The zero-order chi connectivity index (χ0) is 14.8. The molecule has 1 aromatic carbocycles. The summed E-state index contributed by atoms with van der Waals surface area (Å²) >= 11 is 4.81. The summed E-state index contributed by atoms with van der Waals surface area (Å²) < 4.78 is 0.933. The molecule has 0 unspecified atom stereocenters. The van der Waals surface area contributed by atoms with Crippen molar-refractivity contribution in [3.63, 3.8) is 0 Å². The Balaban J connectivity index is 2.06. The number of nitrogens with zero attached hydrogens (tertiary/aromatic N) is 2. The SMILES string of the molecule is N=C(N)c1cc(Sc2ccc(Br)cn2)nc2ccccc12. The van der Waals surface area contributed by atoms with E-state index in [1.54, 1.807) is 6.20 Å². The minimum atomic E-state index is 0.0409. The summed E-state index contributed by atoms with van der Waals surface area (Å²) in [6.45, 7) is 0. The zero-order valence-electron chi connectivity index (χ0n) is 10.9. The molecule has 2 heterocycles. The van der Waals surface area contributed by atoms with E-state index in [0.29, 0.717) is 5.56 Å². The lowest BCUT2D eigenvalue weighted by Crippen LogP contribution is -2.12. The average molecular weight is 359 g/mol. The fraction of sp³-hybridized carbons (Fsp3) is 0. The maximum absolute atomic E-state index is 7.74. The van der Waals surface area contributed by atoms with E-state index in [1.165, 1.54) is 11.8 Å². The number of rotatable bonds is 3. The molecule has 0 amide bonds. The van der Waals surface area contributed by atoms with E-state index in [9.17, 15) is 0 Å². The van der Waals surface area contributed by atoms with Crippen LogP contribution >= 0.6 is 27.7 Å². The monoisotopic (exact) mass is 358 g/mol. The van der Waals surface area contributed by atoms with Gasteiger partial charge < -0.3 is 5.73 Å². The van der Waals surface area contributed by atoms with Gasteiger partial charge in [0.1, 0.15) is 15.9 Å². The molecule has 0 aliphatic rings. The van der Waals surface area contributed by atoms with Crippen molar-refractivity contribution in [3.8, 4) is 0 Å². The highest BCUT2D eigenvalue weighted by molar-refractivity contribution is 9.10. The van der Waals surface area contributed by atoms with Crippen LogP contribution in [0, 0.1) is 5.41 Å². The number of hydrogen-bond donors (Lipinski definition) is 2. The van der Waals surface area contributed by atoms with Crippen LogP contribution in [0.3, 0.4) is 0 Å². The highest BCUT2D eigenvalue weighted by Gasteiger charge is 2.09. The third-order valence-corrected chi connectivity index (χ3v) is 4.23. The molecule has 0 saturated carbocycles. The Morgan fingerprint density at radius 2 is 1.95 bits per heavy atom. The minimum Gasteiger partial charge on any atom is -0.384 e. The fourth-order valence-electron chi connectivity index (χ4n) is 1.96. The molecular weight excluding hydrogens is 348 g/mol. The van der Waals surface area contributed by atoms with Crippen LogP contribution in [-0.4, -0.2) is 15.8 Å². The van der Waals surface area contributed by atoms with Crippen molar-refractivity contribution in [2.24, 2.45) is 5.73 Å². The van der Waals surface area contributed by atoms with Crippen LogP contribution in [0.2, 0.25) is 0 Å². The van der Waals surface area contributed by atoms with Crippen molar-refractivity contribution in [1.29, 1.82) is 5.41 Å². The second-order valence-corrected chi connectivity index (χ2v) is 6.31. The van der Waals surface area contributed by atoms with E-state index < -0.39 is 0 Å². The zero-order valence-corrected chi connectivity index (χ0v) is 13.3. The number of nitrogens with one attached hydrogen (secondary N) is 1. The van der Waals surface area contributed by atoms with Crippen LogP contribution in [0.15, 0.2) is 63.2 Å². The van der Waals surface area contributed by atoms with Crippen molar-refractivity contribution in [3.05, 3.63) is 58.7 Å². The third-order valence-electron chi connectivity index (χ3n) is 2.89. The normalized spacial score (nSPS) is 10.7. The predicted octanol–water partition coefficient (Wildman–Crippen LogP) is 3.83. The van der Waals surface area contributed by atoms with Gasteiger partial charge in [-0.05, 0) is 40.2 Å². The standard InChI is InChI=1S/C15H11BrN4S/c16-9-5-6-13(19-8-9)21-14-7-11(15(17)18)10-3-1-2-4-12(10)20-14/h1-8H,(H3,17,18). The van der Waals surface area contributed by atoms with Gasteiger partial charge in [-0.25, -0.2) is 9.97 Å². The van der Waals surface area contributed by atoms with Gasteiger partial charge >= 0.3 is 0 Å².